The maximum Gasteiger partial charge on any atom is 0.246 e. The molecule has 0 N–H and O–H groups in total. The number of nitrogens with zero attached hydrogens (tertiary/aromatic N) is 1. The highest BCUT2D eigenvalue weighted by Gasteiger charge is 2.00. The molecule has 10 heavy (non-hydrogen) atoms. The molecule has 1 rings (SSSR count). The Morgan fingerprint density at radius 3 is 2.80 bits per heavy atom. The molecule has 0 amide bonds. The van der Waals surface area contributed by atoms with Crippen LogP contribution in [0.1, 0.15) is 16.1 Å². The van der Waals surface area contributed by atoms with Crippen molar-refractivity contribution in [3.05, 3.63) is 29.6 Å². The van der Waals surface area contributed by atoms with Crippen LogP contribution in [-0.2, 0) is 0 Å². The Labute approximate surface area is 67.4 Å². The highest BCUT2D eigenvalue weighted by Crippen LogP contribution is 2.03. The zero-order chi connectivity index (χ0) is 7.56. The van der Waals surface area contributed by atoms with Gasteiger partial charge < -0.3 is 0 Å². The lowest BCUT2D eigenvalue weighted by molar-refractivity contribution is 0.109. The third-order valence-corrected chi connectivity index (χ3v) is 1.52. The number of pyridine rings is 1. The summed E-state index contributed by atoms with van der Waals surface area (Å²) in [7, 11) is 0. The predicted octanol–water partition coefficient (Wildman–Crippen LogP) is 1.93. The fraction of sp³-hybridized carbons (Fsp3) is 0.143. The average molecular weight is 200 g/mol. The molecule has 0 aliphatic rings. The summed E-state index contributed by atoms with van der Waals surface area (Å²) >= 11 is 2.82. The number of halogens is 1. The van der Waals surface area contributed by atoms with E-state index in [1.165, 1.54) is 0 Å². The van der Waals surface area contributed by atoms with Crippen molar-refractivity contribution in [2.75, 3.05) is 0 Å². The molecule has 0 fully saturated rings. The maximum atomic E-state index is 10.7. The summed E-state index contributed by atoms with van der Waals surface area (Å²) in [5, 5.41) is 0. The van der Waals surface area contributed by atoms with Crippen molar-refractivity contribution >= 4 is 20.6 Å². The van der Waals surface area contributed by atoms with Gasteiger partial charge in [-0.05, 0) is 40.5 Å². The van der Waals surface area contributed by atoms with Gasteiger partial charge in [-0.15, -0.1) is 0 Å². The first-order valence-corrected chi connectivity index (χ1v) is 3.62. The summed E-state index contributed by atoms with van der Waals surface area (Å²) in [4.78, 5) is 14.5. The molecular formula is C7H6BrNO. The topological polar surface area (TPSA) is 30.0 Å². The molecule has 1 aromatic heterocycles. The molecule has 1 aromatic rings. The fourth-order valence-electron chi connectivity index (χ4n) is 0.644. The largest absolute Gasteiger partial charge is 0.279 e. The van der Waals surface area contributed by atoms with Crippen LogP contribution in [0.25, 0.3) is 0 Å². The van der Waals surface area contributed by atoms with Crippen LogP contribution in [-0.4, -0.2) is 9.68 Å². The van der Waals surface area contributed by atoms with Gasteiger partial charge in [0.15, 0.2) is 0 Å². The van der Waals surface area contributed by atoms with Crippen LogP contribution in [0, 0.1) is 6.92 Å². The van der Waals surface area contributed by atoms with Crippen LogP contribution in [0.5, 0.6) is 0 Å². The second kappa shape index (κ2) is 2.92. The van der Waals surface area contributed by atoms with E-state index in [9.17, 15) is 4.79 Å². The Hall–Kier alpha value is -0.700. The molecular weight excluding hydrogens is 194 g/mol. The van der Waals surface area contributed by atoms with Gasteiger partial charge in [-0.1, -0.05) is 0 Å². The number of aryl methyl sites for hydroxylation is 1. The van der Waals surface area contributed by atoms with Gasteiger partial charge in [0.2, 0.25) is 4.69 Å². The lowest BCUT2D eigenvalue weighted by atomic mass is 10.2. The number of hydrogen-bond acceptors (Lipinski definition) is 2. The monoisotopic (exact) mass is 199 g/mol. The molecule has 2 nitrogen and oxygen atoms in total. The van der Waals surface area contributed by atoms with Crippen molar-refractivity contribution in [2.45, 2.75) is 6.92 Å². The van der Waals surface area contributed by atoms with Gasteiger partial charge in [0, 0.05) is 6.20 Å². The van der Waals surface area contributed by atoms with Crippen molar-refractivity contribution in [3.8, 4) is 0 Å². The lowest BCUT2D eigenvalue weighted by Gasteiger charge is -1.92. The molecule has 0 aromatic carbocycles. The molecule has 0 atom stereocenters. The van der Waals surface area contributed by atoms with E-state index in [4.69, 9.17) is 0 Å². The van der Waals surface area contributed by atoms with E-state index in [2.05, 4.69) is 20.9 Å². The minimum absolute atomic E-state index is 0.170. The van der Waals surface area contributed by atoms with Crippen LogP contribution < -0.4 is 0 Å². The Morgan fingerprint density at radius 1 is 1.70 bits per heavy atom. The van der Waals surface area contributed by atoms with Crippen LogP contribution in [0.2, 0.25) is 0 Å². The van der Waals surface area contributed by atoms with Crippen molar-refractivity contribution < 1.29 is 4.79 Å². The Kier molecular flexibility index (Phi) is 2.17. The smallest absolute Gasteiger partial charge is 0.246 e. The Morgan fingerprint density at radius 2 is 2.40 bits per heavy atom. The highest BCUT2D eigenvalue weighted by molar-refractivity contribution is 9.18. The molecule has 0 saturated carbocycles. The van der Waals surface area contributed by atoms with Gasteiger partial charge in [-0.3, -0.25) is 9.78 Å². The van der Waals surface area contributed by atoms with Crippen molar-refractivity contribution in [1.29, 1.82) is 0 Å². The summed E-state index contributed by atoms with van der Waals surface area (Å²) in [5.74, 6) is 0. The Bertz CT molecular complexity index is 260. The van der Waals surface area contributed by atoms with Gasteiger partial charge in [-0.2, -0.15) is 0 Å². The predicted molar refractivity (Wildman–Crippen MR) is 42.2 cm³/mol. The number of hydrogen-bond donors (Lipinski definition) is 0. The SMILES string of the molecule is Cc1ccnc(C(=O)Br)c1. The first-order chi connectivity index (χ1) is 4.70. The summed E-state index contributed by atoms with van der Waals surface area (Å²) in [6.45, 7) is 1.92. The quantitative estimate of drug-likeness (QED) is 0.648. The molecule has 0 bridgehead atoms. The molecule has 0 saturated heterocycles. The molecule has 1 heterocycles. The molecule has 0 aliphatic heterocycles. The summed E-state index contributed by atoms with van der Waals surface area (Å²) < 4.78 is -0.170. The zero-order valence-corrected chi connectivity index (χ0v) is 7.05. The Balaban J connectivity index is 3.07. The number of carbonyl (C=O) groups excluding carboxylic acids is 1. The minimum atomic E-state index is -0.170. The third kappa shape index (κ3) is 1.64. The lowest BCUT2D eigenvalue weighted by Crippen LogP contribution is -1.92. The minimum Gasteiger partial charge on any atom is -0.279 e. The van der Waals surface area contributed by atoms with E-state index in [0.717, 1.165) is 5.56 Å². The number of aromatic nitrogens is 1. The number of rotatable bonds is 1. The number of carbonyl (C=O) groups is 1. The van der Waals surface area contributed by atoms with Crippen molar-refractivity contribution in [2.24, 2.45) is 0 Å². The van der Waals surface area contributed by atoms with E-state index in [0.29, 0.717) is 5.69 Å². The van der Waals surface area contributed by atoms with E-state index in [-0.39, 0.29) is 4.69 Å². The van der Waals surface area contributed by atoms with Gasteiger partial charge in [0.05, 0.1) is 0 Å². The fourth-order valence-corrected chi connectivity index (χ4v) is 0.860. The van der Waals surface area contributed by atoms with Gasteiger partial charge in [0.1, 0.15) is 5.69 Å². The third-order valence-electron chi connectivity index (χ3n) is 1.12. The standard InChI is InChI=1S/C7H6BrNO/c1-5-2-3-9-6(4-5)7(8)10/h2-4H,1H3. The first-order valence-electron chi connectivity index (χ1n) is 2.82. The summed E-state index contributed by atoms with van der Waals surface area (Å²) in [6.07, 6.45) is 1.61. The molecule has 0 aliphatic carbocycles. The average Bonchev–Trinajstić information content (AvgIpc) is 1.88. The zero-order valence-electron chi connectivity index (χ0n) is 5.47. The van der Waals surface area contributed by atoms with Gasteiger partial charge >= 0.3 is 0 Å². The molecule has 52 valence electrons. The molecule has 0 spiro atoms. The second-order valence-corrected chi connectivity index (χ2v) is 2.71. The van der Waals surface area contributed by atoms with Crippen LogP contribution in [0.3, 0.4) is 0 Å². The van der Waals surface area contributed by atoms with Gasteiger partial charge in [-0.25, -0.2) is 0 Å². The van der Waals surface area contributed by atoms with E-state index < -0.39 is 0 Å². The van der Waals surface area contributed by atoms with E-state index in [1.54, 1.807) is 12.3 Å². The van der Waals surface area contributed by atoms with E-state index in [1.807, 2.05) is 13.0 Å². The van der Waals surface area contributed by atoms with Crippen LogP contribution in [0.15, 0.2) is 18.3 Å². The second-order valence-electron chi connectivity index (χ2n) is 1.99. The highest BCUT2D eigenvalue weighted by atomic mass is 79.9. The normalized spacial score (nSPS) is 9.40. The molecule has 0 radical (unpaired) electrons. The van der Waals surface area contributed by atoms with E-state index >= 15 is 0 Å². The first kappa shape index (κ1) is 7.41. The van der Waals surface area contributed by atoms with Gasteiger partial charge in [0.25, 0.3) is 0 Å². The maximum absolute atomic E-state index is 10.7. The summed E-state index contributed by atoms with van der Waals surface area (Å²) in [6, 6.07) is 3.58. The molecule has 0 unspecified atom stereocenters. The summed E-state index contributed by atoms with van der Waals surface area (Å²) in [5.41, 5.74) is 1.50. The van der Waals surface area contributed by atoms with Crippen LogP contribution >= 0.6 is 15.9 Å². The van der Waals surface area contributed by atoms with Crippen molar-refractivity contribution in [3.63, 3.8) is 0 Å². The van der Waals surface area contributed by atoms with Crippen LogP contribution in [0.4, 0.5) is 0 Å². The molecule has 3 heteroatoms. The van der Waals surface area contributed by atoms with Crippen molar-refractivity contribution in [1.82, 2.24) is 4.98 Å².